The second-order valence-corrected chi connectivity index (χ2v) is 3.72. The molecule has 5 heteroatoms. The summed E-state index contributed by atoms with van der Waals surface area (Å²) in [6.45, 7) is 6.50. The zero-order valence-electron chi connectivity index (χ0n) is 12.3. The van der Waals surface area contributed by atoms with E-state index in [2.05, 4.69) is 20.3 Å². The zero-order chi connectivity index (χ0) is 14.3. The lowest BCUT2D eigenvalue weighted by Crippen LogP contribution is -2.21. The Morgan fingerprint density at radius 1 is 1.26 bits per heavy atom. The van der Waals surface area contributed by atoms with E-state index in [0.29, 0.717) is 5.84 Å². The number of aromatic amines is 1. The first-order valence-electron chi connectivity index (χ1n) is 6.94. The van der Waals surface area contributed by atoms with Gasteiger partial charge in [0.25, 0.3) is 0 Å². The van der Waals surface area contributed by atoms with Crippen molar-refractivity contribution in [2.45, 2.75) is 33.1 Å². The largest absolute Gasteiger partial charge is 0.390 e. The maximum atomic E-state index is 5.12. The maximum Gasteiger partial charge on any atom is 0.172 e. The molecule has 19 heavy (non-hydrogen) atoms. The molecular weight excluding hydrogens is 238 g/mol. The Morgan fingerprint density at radius 2 is 1.95 bits per heavy atom. The van der Waals surface area contributed by atoms with Gasteiger partial charge in [0.2, 0.25) is 0 Å². The van der Waals surface area contributed by atoms with Gasteiger partial charge in [-0.15, -0.1) is 0 Å². The number of H-pyrrole nitrogens is 1. The highest BCUT2D eigenvalue weighted by atomic mass is 14.9. The number of aromatic nitrogens is 1. The Hall–Kier alpha value is -1.62. The maximum absolute atomic E-state index is 5.12. The van der Waals surface area contributed by atoms with E-state index in [4.69, 9.17) is 5.73 Å². The molecule has 0 amide bonds. The number of amidine groups is 1. The van der Waals surface area contributed by atoms with Gasteiger partial charge in [-0.1, -0.05) is 20.3 Å². The number of hydrogen-bond donors (Lipinski definition) is 3. The van der Waals surface area contributed by atoms with Crippen LogP contribution in [-0.2, 0) is 0 Å². The summed E-state index contributed by atoms with van der Waals surface area (Å²) in [6, 6.07) is 3.77. The summed E-state index contributed by atoms with van der Waals surface area (Å²) in [6.07, 6.45) is 7.25. The highest BCUT2D eigenvalue weighted by Gasteiger charge is 1.97. The number of aliphatic imine (C=N–C) groups is 2. The molecule has 1 aliphatic rings. The van der Waals surface area contributed by atoms with E-state index in [1.165, 1.54) is 38.7 Å². The molecule has 2 heterocycles. The molecule has 0 aromatic carbocycles. The smallest absolute Gasteiger partial charge is 0.172 e. The highest BCUT2D eigenvalue weighted by Crippen LogP contribution is 1.97. The molecule has 2 rings (SSSR count). The molecule has 4 N–H and O–H groups in total. The SMILES string of the molecule is C1CCNCC1.CC.CN=C(N=CN)c1ccc[nH]1. The van der Waals surface area contributed by atoms with Crippen LogP contribution in [0.4, 0.5) is 0 Å². The quantitative estimate of drug-likeness (QED) is 0.537. The van der Waals surface area contributed by atoms with Crippen molar-refractivity contribution in [3.8, 4) is 0 Å². The molecule has 1 saturated heterocycles. The fraction of sp³-hybridized carbons (Fsp3) is 0.571. The Labute approximate surface area is 116 Å². The van der Waals surface area contributed by atoms with Crippen LogP contribution < -0.4 is 11.1 Å². The molecular formula is C14H27N5. The minimum atomic E-state index is 0.609. The van der Waals surface area contributed by atoms with Gasteiger partial charge in [-0.05, 0) is 38.1 Å². The lowest BCUT2D eigenvalue weighted by Gasteiger charge is -2.08. The zero-order valence-corrected chi connectivity index (χ0v) is 12.3. The van der Waals surface area contributed by atoms with Gasteiger partial charge in [0.1, 0.15) is 0 Å². The summed E-state index contributed by atoms with van der Waals surface area (Å²) in [7, 11) is 1.67. The van der Waals surface area contributed by atoms with Gasteiger partial charge >= 0.3 is 0 Å². The van der Waals surface area contributed by atoms with Gasteiger partial charge in [-0.3, -0.25) is 4.99 Å². The monoisotopic (exact) mass is 265 g/mol. The molecule has 1 aromatic heterocycles. The second kappa shape index (κ2) is 12.8. The van der Waals surface area contributed by atoms with E-state index < -0.39 is 0 Å². The lowest BCUT2D eigenvalue weighted by atomic mass is 10.2. The van der Waals surface area contributed by atoms with E-state index in [-0.39, 0.29) is 0 Å². The van der Waals surface area contributed by atoms with E-state index in [1.54, 1.807) is 7.05 Å². The Balaban J connectivity index is 0.000000341. The topological polar surface area (TPSA) is 78.6 Å². The Kier molecular flexibility index (Phi) is 11.7. The van der Waals surface area contributed by atoms with Crippen LogP contribution in [0.2, 0.25) is 0 Å². The second-order valence-electron chi connectivity index (χ2n) is 3.72. The third-order valence-electron chi connectivity index (χ3n) is 2.45. The van der Waals surface area contributed by atoms with Gasteiger partial charge in [0, 0.05) is 13.2 Å². The average molecular weight is 265 g/mol. The van der Waals surface area contributed by atoms with Crippen molar-refractivity contribution in [1.29, 1.82) is 0 Å². The fourth-order valence-corrected chi connectivity index (χ4v) is 1.59. The summed E-state index contributed by atoms with van der Waals surface area (Å²) in [5.41, 5.74) is 5.99. The van der Waals surface area contributed by atoms with Crippen LogP contribution in [0.25, 0.3) is 0 Å². The van der Waals surface area contributed by atoms with Gasteiger partial charge in [0.15, 0.2) is 5.84 Å². The first kappa shape index (κ1) is 17.4. The average Bonchev–Trinajstić information content (AvgIpc) is 3.03. The van der Waals surface area contributed by atoms with Crippen LogP contribution in [0.1, 0.15) is 38.8 Å². The summed E-state index contributed by atoms with van der Waals surface area (Å²) in [5, 5.41) is 3.28. The van der Waals surface area contributed by atoms with E-state index >= 15 is 0 Å². The van der Waals surface area contributed by atoms with Crippen molar-refractivity contribution in [1.82, 2.24) is 10.3 Å². The highest BCUT2D eigenvalue weighted by molar-refractivity contribution is 6.01. The fourth-order valence-electron chi connectivity index (χ4n) is 1.59. The molecule has 108 valence electrons. The number of nitrogens with zero attached hydrogens (tertiary/aromatic N) is 2. The van der Waals surface area contributed by atoms with Crippen molar-refractivity contribution in [3.63, 3.8) is 0 Å². The number of rotatable bonds is 1. The third kappa shape index (κ3) is 8.15. The van der Waals surface area contributed by atoms with Crippen molar-refractivity contribution < 1.29 is 0 Å². The number of piperidine rings is 1. The first-order chi connectivity index (χ1) is 9.38. The van der Waals surface area contributed by atoms with Crippen molar-refractivity contribution >= 4 is 12.2 Å². The Bertz CT molecular complexity index is 325. The summed E-state index contributed by atoms with van der Waals surface area (Å²) in [5.74, 6) is 0.609. The van der Waals surface area contributed by atoms with Gasteiger partial charge in [-0.25, -0.2) is 4.99 Å². The molecule has 0 spiro atoms. The Morgan fingerprint density at radius 3 is 2.26 bits per heavy atom. The first-order valence-corrected chi connectivity index (χ1v) is 6.94. The minimum Gasteiger partial charge on any atom is -0.390 e. The van der Waals surface area contributed by atoms with Crippen LogP contribution in [0, 0.1) is 0 Å². The normalized spacial score (nSPS) is 15.2. The van der Waals surface area contributed by atoms with Crippen molar-refractivity contribution in [3.05, 3.63) is 24.0 Å². The molecule has 0 saturated carbocycles. The minimum absolute atomic E-state index is 0.609. The van der Waals surface area contributed by atoms with E-state index in [1.807, 2.05) is 32.2 Å². The number of nitrogens with two attached hydrogens (primary N) is 1. The van der Waals surface area contributed by atoms with Gasteiger partial charge in [0.05, 0.1) is 12.0 Å². The number of nitrogens with one attached hydrogen (secondary N) is 2. The molecule has 0 radical (unpaired) electrons. The summed E-state index contributed by atoms with van der Waals surface area (Å²) < 4.78 is 0. The predicted octanol–water partition coefficient (Wildman–Crippen LogP) is 2.16. The standard InChI is InChI=1S/C7H10N4.C5H11N.C2H6/c1-9-7(11-5-8)6-3-2-4-10-6;1-2-4-6-5-3-1;1-2/h2-5,10H,1H3,(H2,8,9,11);6H,1-5H2;1-2H3. The van der Waals surface area contributed by atoms with Gasteiger partial charge < -0.3 is 16.0 Å². The van der Waals surface area contributed by atoms with Crippen molar-refractivity contribution in [2.75, 3.05) is 20.1 Å². The molecule has 0 unspecified atom stereocenters. The van der Waals surface area contributed by atoms with Crippen LogP contribution >= 0.6 is 0 Å². The molecule has 1 aliphatic heterocycles. The number of hydrogen-bond acceptors (Lipinski definition) is 2. The molecule has 1 aromatic rings. The summed E-state index contributed by atoms with van der Waals surface area (Å²) in [4.78, 5) is 10.8. The predicted molar refractivity (Wildman–Crippen MR) is 84.0 cm³/mol. The molecule has 0 aliphatic carbocycles. The summed E-state index contributed by atoms with van der Waals surface area (Å²) >= 11 is 0. The van der Waals surface area contributed by atoms with Gasteiger partial charge in [-0.2, -0.15) is 0 Å². The van der Waals surface area contributed by atoms with Crippen molar-refractivity contribution in [2.24, 2.45) is 15.7 Å². The molecule has 0 atom stereocenters. The lowest BCUT2D eigenvalue weighted by molar-refractivity contribution is 0.520. The van der Waals surface area contributed by atoms with Crippen LogP contribution in [0.5, 0.6) is 0 Å². The third-order valence-corrected chi connectivity index (χ3v) is 2.45. The van der Waals surface area contributed by atoms with E-state index in [9.17, 15) is 0 Å². The molecule has 1 fully saturated rings. The molecule has 5 nitrogen and oxygen atoms in total. The van der Waals surface area contributed by atoms with E-state index in [0.717, 1.165) is 5.69 Å². The van der Waals surface area contributed by atoms with Crippen LogP contribution in [0.15, 0.2) is 28.3 Å². The van der Waals surface area contributed by atoms with Crippen LogP contribution in [0.3, 0.4) is 0 Å². The molecule has 0 bridgehead atoms. The van der Waals surface area contributed by atoms with Crippen LogP contribution in [-0.4, -0.2) is 37.3 Å².